The van der Waals surface area contributed by atoms with Gasteiger partial charge in [-0.15, -0.1) is 0 Å². The quantitative estimate of drug-likeness (QED) is 0.612. The summed E-state index contributed by atoms with van der Waals surface area (Å²) in [4.78, 5) is 13.9. The second-order valence-corrected chi connectivity index (χ2v) is 8.88. The number of hydrogen-bond donors (Lipinski definition) is 0. The summed E-state index contributed by atoms with van der Waals surface area (Å²) in [5.74, 6) is -0.840. The van der Waals surface area contributed by atoms with E-state index in [4.69, 9.17) is 4.74 Å². The first-order chi connectivity index (χ1) is 14.2. The van der Waals surface area contributed by atoms with Gasteiger partial charge in [-0.1, -0.05) is 17.7 Å². The second kappa shape index (κ2) is 9.19. The summed E-state index contributed by atoms with van der Waals surface area (Å²) in [5.41, 5.74) is 0.214. The van der Waals surface area contributed by atoms with Crippen molar-refractivity contribution in [3.05, 3.63) is 47.3 Å². The van der Waals surface area contributed by atoms with Crippen LogP contribution in [0.4, 0.5) is 8.78 Å². The van der Waals surface area contributed by atoms with Gasteiger partial charge in [-0.2, -0.15) is 9.40 Å². The van der Waals surface area contributed by atoms with Gasteiger partial charge in [-0.3, -0.25) is 4.90 Å². The zero-order valence-corrected chi connectivity index (χ0v) is 17.6. The summed E-state index contributed by atoms with van der Waals surface area (Å²) in [7, 11) is -3.61. The minimum atomic E-state index is -3.61. The van der Waals surface area contributed by atoms with Crippen LogP contribution in [-0.4, -0.2) is 66.2 Å². The van der Waals surface area contributed by atoms with Crippen molar-refractivity contribution in [1.29, 1.82) is 0 Å². The number of ether oxygens (including phenoxy) is 1. The van der Waals surface area contributed by atoms with Crippen molar-refractivity contribution in [1.82, 2.24) is 19.0 Å². The van der Waals surface area contributed by atoms with E-state index in [9.17, 15) is 22.0 Å². The number of hydrogen-bond acceptors (Lipinski definition) is 6. The van der Waals surface area contributed by atoms with Crippen LogP contribution in [0.5, 0.6) is 0 Å². The Bertz CT molecular complexity index is 984. The Morgan fingerprint density at radius 1 is 1.17 bits per heavy atom. The van der Waals surface area contributed by atoms with Crippen LogP contribution < -0.4 is 0 Å². The largest absolute Gasteiger partial charge is 0.462 e. The fourth-order valence-corrected chi connectivity index (χ4v) is 4.69. The maximum Gasteiger partial charge on any atom is 0.341 e. The Kier molecular flexibility index (Phi) is 6.84. The first-order valence-corrected chi connectivity index (χ1v) is 11.0. The molecule has 11 heteroatoms. The van der Waals surface area contributed by atoms with E-state index >= 15 is 0 Å². The number of piperazine rings is 1. The van der Waals surface area contributed by atoms with Crippen molar-refractivity contribution >= 4 is 16.0 Å². The van der Waals surface area contributed by atoms with Gasteiger partial charge in [-0.05, 0) is 26.0 Å². The lowest BCUT2D eigenvalue weighted by Gasteiger charge is -2.34. The molecule has 164 valence electrons. The molecule has 0 bridgehead atoms. The smallest absolute Gasteiger partial charge is 0.341 e. The van der Waals surface area contributed by atoms with Gasteiger partial charge in [0.05, 0.1) is 24.4 Å². The highest BCUT2D eigenvalue weighted by Crippen LogP contribution is 2.25. The lowest BCUT2D eigenvalue weighted by molar-refractivity contribution is 0.0510. The summed E-state index contributed by atoms with van der Waals surface area (Å²) in [6.45, 7) is 4.73. The van der Waals surface area contributed by atoms with Gasteiger partial charge >= 0.3 is 5.97 Å². The number of carbonyl (C=O) groups excluding carboxylic acids is 1. The standard InChI is InChI=1S/C19H24F2N4O4S/c1-3-29-19(26)16-12-22-25(17(16)18(20)21)13-23-8-10-24(11-9-23)30(27,28)15-6-4-14(2)5-7-15/h4-7,12,18H,3,8-11,13H2,1-2H3. The van der Waals surface area contributed by atoms with Crippen molar-refractivity contribution in [3.8, 4) is 0 Å². The molecule has 0 spiro atoms. The van der Waals surface area contributed by atoms with E-state index in [1.165, 1.54) is 4.31 Å². The van der Waals surface area contributed by atoms with Crippen molar-refractivity contribution in [3.63, 3.8) is 0 Å². The number of sulfonamides is 1. The summed E-state index contributed by atoms with van der Waals surface area (Å²) in [6, 6.07) is 6.64. The fraction of sp³-hybridized carbons (Fsp3) is 0.474. The maximum absolute atomic E-state index is 13.5. The number of rotatable bonds is 7. The van der Waals surface area contributed by atoms with Crippen LogP contribution in [0.2, 0.25) is 0 Å². The molecule has 0 N–H and O–H groups in total. The molecule has 8 nitrogen and oxygen atoms in total. The van der Waals surface area contributed by atoms with Crippen molar-refractivity contribution in [2.24, 2.45) is 0 Å². The van der Waals surface area contributed by atoms with Crippen LogP contribution >= 0.6 is 0 Å². The van der Waals surface area contributed by atoms with E-state index in [0.29, 0.717) is 13.1 Å². The van der Waals surface area contributed by atoms with Gasteiger partial charge in [0.1, 0.15) is 11.3 Å². The van der Waals surface area contributed by atoms with E-state index in [0.717, 1.165) is 16.4 Å². The third-order valence-electron chi connectivity index (χ3n) is 4.91. The molecule has 3 rings (SSSR count). The van der Waals surface area contributed by atoms with Crippen LogP contribution in [0.15, 0.2) is 35.4 Å². The summed E-state index contributed by atoms with van der Waals surface area (Å²) < 4.78 is 59.9. The number of alkyl halides is 2. The zero-order valence-electron chi connectivity index (χ0n) is 16.8. The van der Waals surface area contributed by atoms with E-state index in [-0.39, 0.29) is 36.8 Å². The Morgan fingerprint density at radius 2 is 1.80 bits per heavy atom. The molecule has 30 heavy (non-hydrogen) atoms. The summed E-state index contributed by atoms with van der Waals surface area (Å²) >= 11 is 0. The molecular weight excluding hydrogens is 418 g/mol. The van der Waals surface area contributed by atoms with Crippen LogP contribution in [0.25, 0.3) is 0 Å². The van der Waals surface area contributed by atoms with Crippen LogP contribution in [0, 0.1) is 6.92 Å². The maximum atomic E-state index is 13.5. The van der Waals surface area contributed by atoms with Gasteiger partial charge in [0, 0.05) is 26.2 Å². The first kappa shape index (κ1) is 22.3. The first-order valence-electron chi connectivity index (χ1n) is 9.54. The number of esters is 1. The van der Waals surface area contributed by atoms with Crippen molar-refractivity contribution in [2.75, 3.05) is 32.8 Å². The van der Waals surface area contributed by atoms with Crippen LogP contribution in [0.1, 0.15) is 35.0 Å². The molecule has 0 aliphatic carbocycles. The molecule has 1 aliphatic rings. The van der Waals surface area contributed by atoms with Gasteiger partial charge in [0.2, 0.25) is 10.0 Å². The van der Waals surface area contributed by atoms with Crippen molar-refractivity contribution < 1.29 is 26.7 Å². The lowest BCUT2D eigenvalue weighted by atomic mass is 10.2. The number of nitrogens with zero attached hydrogens (tertiary/aromatic N) is 4. The molecule has 0 saturated carbocycles. The van der Waals surface area contributed by atoms with Gasteiger partial charge < -0.3 is 4.74 Å². The number of halogens is 2. The van der Waals surface area contributed by atoms with Gasteiger partial charge in [0.25, 0.3) is 6.43 Å². The number of carbonyl (C=O) groups is 1. The molecule has 0 amide bonds. The molecule has 0 atom stereocenters. The van der Waals surface area contributed by atoms with E-state index in [1.54, 1.807) is 31.2 Å². The Morgan fingerprint density at radius 3 is 2.37 bits per heavy atom. The lowest BCUT2D eigenvalue weighted by Crippen LogP contribution is -2.49. The molecule has 1 aliphatic heterocycles. The average Bonchev–Trinajstić information content (AvgIpc) is 3.13. The molecule has 2 heterocycles. The predicted octanol–water partition coefficient (Wildman–Crippen LogP) is 2.27. The van der Waals surface area contributed by atoms with E-state index in [1.807, 2.05) is 11.8 Å². The monoisotopic (exact) mass is 442 g/mol. The Labute approximate surface area is 174 Å². The third kappa shape index (κ3) is 4.68. The van der Waals surface area contributed by atoms with Gasteiger partial charge in [0.15, 0.2) is 0 Å². The number of aryl methyl sites for hydroxylation is 1. The SMILES string of the molecule is CCOC(=O)c1cnn(CN2CCN(S(=O)(=O)c3ccc(C)cc3)CC2)c1C(F)F. The average molecular weight is 442 g/mol. The topological polar surface area (TPSA) is 84.7 Å². The molecule has 2 aromatic rings. The van der Waals surface area contributed by atoms with Gasteiger partial charge in [-0.25, -0.2) is 26.7 Å². The Hall–Kier alpha value is -2.37. The minimum Gasteiger partial charge on any atom is -0.462 e. The summed E-state index contributed by atoms with van der Waals surface area (Å²) in [5, 5.41) is 3.92. The highest BCUT2D eigenvalue weighted by molar-refractivity contribution is 7.89. The second-order valence-electron chi connectivity index (χ2n) is 6.94. The highest BCUT2D eigenvalue weighted by Gasteiger charge is 2.30. The Balaban J connectivity index is 1.68. The highest BCUT2D eigenvalue weighted by atomic mass is 32.2. The van der Waals surface area contributed by atoms with Crippen molar-refractivity contribution in [2.45, 2.75) is 31.8 Å². The normalized spacial score (nSPS) is 16.2. The predicted molar refractivity (Wildman–Crippen MR) is 105 cm³/mol. The summed E-state index contributed by atoms with van der Waals surface area (Å²) in [6.07, 6.45) is -1.81. The van der Waals surface area contributed by atoms with E-state index in [2.05, 4.69) is 5.10 Å². The third-order valence-corrected chi connectivity index (χ3v) is 6.82. The zero-order chi connectivity index (χ0) is 21.9. The molecule has 1 aromatic heterocycles. The van der Waals surface area contributed by atoms with E-state index < -0.39 is 28.1 Å². The fourth-order valence-electron chi connectivity index (χ4n) is 3.26. The molecular formula is C19H24F2N4O4S. The number of aromatic nitrogens is 2. The van der Waals surface area contributed by atoms with Crippen LogP contribution in [0.3, 0.4) is 0 Å². The molecule has 0 radical (unpaired) electrons. The molecule has 1 fully saturated rings. The molecule has 0 unspecified atom stereocenters. The molecule has 1 aromatic carbocycles. The minimum absolute atomic E-state index is 0.0253. The number of benzene rings is 1. The molecule has 1 saturated heterocycles. The van der Waals surface area contributed by atoms with Crippen LogP contribution in [-0.2, 0) is 21.4 Å².